The minimum Gasteiger partial charge on any atom is -0.469 e. The minimum absolute atomic E-state index is 0.0638. The van der Waals surface area contributed by atoms with E-state index in [4.69, 9.17) is 5.73 Å². The first-order valence-electron chi connectivity index (χ1n) is 5.56. The smallest absolute Gasteiger partial charge is 0.305 e. The molecule has 0 aromatic rings. The maximum atomic E-state index is 11.4. The maximum absolute atomic E-state index is 11.4. The van der Waals surface area contributed by atoms with Gasteiger partial charge in [0.1, 0.15) is 0 Å². The van der Waals surface area contributed by atoms with Gasteiger partial charge >= 0.3 is 5.97 Å². The zero-order valence-electron chi connectivity index (χ0n) is 10.3. The van der Waals surface area contributed by atoms with Crippen LogP contribution < -0.4 is 11.1 Å². The summed E-state index contributed by atoms with van der Waals surface area (Å²) < 4.78 is 4.48. The molecule has 3 N–H and O–H groups in total. The molecule has 0 aliphatic carbocycles. The van der Waals surface area contributed by atoms with Gasteiger partial charge in [-0.05, 0) is 12.3 Å². The molecule has 1 atom stereocenters. The summed E-state index contributed by atoms with van der Waals surface area (Å²) in [5.74, 6) is -0.0278. The third-order valence-electron chi connectivity index (χ3n) is 2.38. The lowest BCUT2D eigenvalue weighted by molar-refractivity contribution is -0.140. The van der Waals surface area contributed by atoms with Crippen molar-refractivity contribution in [1.82, 2.24) is 5.32 Å². The van der Waals surface area contributed by atoms with Crippen molar-refractivity contribution < 1.29 is 14.3 Å². The number of methoxy groups -OCH3 is 1. The molecular weight excluding hydrogens is 208 g/mol. The summed E-state index contributed by atoms with van der Waals surface area (Å²) in [6, 6.07) is -0.111. The number of rotatable bonds is 7. The number of ether oxygens (including phenoxy) is 1. The lowest BCUT2D eigenvalue weighted by Gasteiger charge is -2.14. The van der Waals surface area contributed by atoms with Gasteiger partial charge in [-0.25, -0.2) is 0 Å². The third kappa shape index (κ3) is 7.23. The Balaban J connectivity index is 3.55. The number of carbonyl (C=O) groups excluding carboxylic acids is 2. The molecule has 0 spiro atoms. The van der Waals surface area contributed by atoms with Crippen molar-refractivity contribution in [2.45, 2.75) is 39.2 Å². The van der Waals surface area contributed by atoms with Crippen LogP contribution in [-0.4, -0.2) is 31.6 Å². The highest BCUT2D eigenvalue weighted by molar-refractivity contribution is 5.76. The topological polar surface area (TPSA) is 81.4 Å². The molecule has 0 rings (SSSR count). The second-order valence-corrected chi connectivity index (χ2v) is 4.14. The van der Waals surface area contributed by atoms with Crippen LogP contribution in [0, 0.1) is 5.92 Å². The van der Waals surface area contributed by atoms with E-state index in [2.05, 4.69) is 10.1 Å². The number of carbonyl (C=O) groups is 2. The van der Waals surface area contributed by atoms with Gasteiger partial charge in [-0.1, -0.05) is 13.8 Å². The zero-order valence-corrected chi connectivity index (χ0v) is 10.3. The van der Waals surface area contributed by atoms with Crippen LogP contribution in [0.4, 0.5) is 0 Å². The molecular formula is C11H22N2O3. The molecule has 5 nitrogen and oxygen atoms in total. The summed E-state index contributed by atoms with van der Waals surface area (Å²) in [6.07, 6.45) is 1.25. The van der Waals surface area contributed by atoms with Gasteiger partial charge in [-0.3, -0.25) is 9.59 Å². The number of hydrogen-bond acceptors (Lipinski definition) is 4. The molecule has 1 amide bonds. The maximum Gasteiger partial charge on any atom is 0.305 e. The first-order chi connectivity index (χ1) is 7.47. The Morgan fingerprint density at radius 3 is 2.50 bits per heavy atom. The Morgan fingerprint density at radius 1 is 1.38 bits per heavy atom. The van der Waals surface area contributed by atoms with Crippen molar-refractivity contribution in [1.29, 1.82) is 0 Å². The average Bonchev–Trinajstić information content (AvgIpc) is 2.23. The molecule has 1 unspecified atom stereocenters. The number of hydrogen-bond donors (Lipinski definition) is 2. The number of nitrogens with one attached hydrogen (secondary N) is 1. The lowest BCUT2D eigenvalue weighted by atomic mass is 10.0. The van der Waals surface area contributed by atoms with E-state index in [1.165, 1.54) is 7.11 Å². The molecule has 0 aromatic heterocycles. The van der Waals surface area contributed by atoms with E-state index in [1.807, 2.05) is 13.8 Å². The highest BCUT2D eigenvalue weighted by Gasteiger charge is 2.12. The normalized spacial score (nSPS) is 12.3. The van der Waals surface area contributed by atoms with Crippen molar-refractivity contribution in [3.8, 4) is 0 Å². The van der Waals surface area contributed by atoms with E-state index in [0.29, 0.717) is 31.7 Å². The highest BCUT2D eigenvalue weighted by Crippen LogP contribution is 2.02. The zero-order chi connectivity index (χ0) is 12.6. The van der Waals surface area contributed by atoms with Crippen molar-refractivity contribution >= 4 is 11.9 Å². The van der Waals surface area contributed by atoms with E-state index in [0.717, 1.165) is 0 Å². The summed E-state index contributed by atoms with van der Waals surface area (Å²) in [4.78, 5) is 22.1. The van der Waals surface area contributed by atoms with Crippen LogP contribution in [0.3, 0.4) is 0 Å². The van der Waals surface area contributed by atoms with Crippen LogP contribution in [0.1, 0.15) is 33.1 Å². The summed E-state index contributed by atoms with van der Waals surface area (Å²) in [7, 11) is 1.35. The van der Waals surface area contributed by atoms with E-state index in [-0.39, 0.29) is 17.9 Å². The van der Waals surface area contributed by atoms with Crippen LogP contribution in [0.2, 0.25) is 0 Å². The molecule has 0 radical (unpaired) electrons. The molecule has 0 aromatic carbocycles. The Labute approximate surface area is 96.7 Å². The lowest BCUT2D eigenvalue weighted by Crippen LogP contribution is -2.35. The Hall–Kier alpha value is -1.10. The largest absolute Gasteiger partial charge is 0.469 e. The monoisotopic (exact) mass is 230 g/mol. The molecule has 0 fully saturated rings. The van der Waals surface area contributed by atoms with Crippen molar-refractivity contribution in [3.63, 3.8) is 0 Å². The predicted octanol–water partition coefficient (Wildman–Crippen LogP) is 0.429. The first-order valence-corrected chi connectivity index (χ1v) is 5.56. The molecule has 0 saturated carbocycles. The Morgan fingerprint density at radius 2 is 2.00 bits per heavy atom. The van der Waals surface area contributed by atoms with Crippen molar-refractivity contribution in [2.24, 2.45) is 11.7 Å². The van der Waals surface area contributed by atoms with Crippen LogP contribution in [0.5, 0.6) is 0 Å². The van der Waals surface area contributed by atoms with Gasteiger partial charge in [0.15, 0.2) is 0 Å². The third-order valence-corrected chi connectivity index (χ3v) is 2.38. The Bertz CT molecular complexity index is 229. The van der Waals surface area contributed by atoms with E-state index >= 15 is 0 Å². The Kier molecular flexibility index (Phi) is 7.54. The fourth-order valence-electron chi connectivity index (χ4n) is 1.08. The van der Waals surface area contributed by atoms with E-state index in [9.17, 15) is 9.59 Å². The van der Waals surface area contributed by atoms with Gasteiger partial charge in [-0.15, -0.1) is 0 Å². The van der Waals surface area contributed by atoms with Gasteiger partial charge in [0.05, 0.1) is 7.11 Å². The first kappa shape index (κ1) is 14.9. The van der Waals surface area contributed by atoms with Crippen LogP contribution in [0.25, 0.3) is 0 Å². The molecule has 0 saturated heterocycles. The quantitative estimate of drug-likeness (QED) is 0.491. The molecule has 16 heavy (non-hydrogen) atoms. The highest BCUT2D eigenvalue weighted by atomic mass is 16.5. The average molecular weight is 230 g/mol. The van der Waals surface area contributed by atoms with E-state index < -0.39 is 0 Å². The summed E-state index contributed by atoms with van der Waals surface area (Å²) >= 11 is 0. The summed E-state index contributed by atoms with van der Waals surface area (Å²) in [5.41, 5.74) is 5.76. The second kappa shape index (κ2) is 8.10. The predicted molar refractivity (Wildman–Crippen MR) is 61.7 cm³/mol. The van der Waals surface area contributed by atoms with Crippen molar-refractivity contribution in [2.75, 3.05) is 13.7 Å². The van der Waals surface area contributed by atoms with Gasteiger partial charge in [-0.2, -0.15) is 0 Å². The number of nitrogens with two attached hydrogens (primary N) is 1. The fourth-order valence-corrected chi connectivity index (χ4v) is 1.08. The number of amides is 1. The molecule has 0 heterocycles. The van der Waals surface area contributed by atoms with Gasteiger partial charge in [0.2, 0.25) is 5.91 Å². The molecule has 0 aliphatic rings. The minimum atomic E-state index is -0.256. The van der Waals surface area contributed by atoms with Crippen LogP contribution >= 0.6 is 0 Å². The van der Waals surface area contributed by atoms with Gasteiger partial charge < -0.3 is 15.8 Å². The number of esters is 1. The molecule has 0 aliphatic heterocycles. The molecule has 94 valence electrons. The van der Waals surface area contributed by atoms with Crippen LogP contribution in [0.15, 0.2) is 0 Å². The van der Waals surface area contributed by atoms with Gasteiger partial charge in [0, 0.05) is 25.4 Å². The summed E-state index contributed by atoms with van der Waals surface area (Å²) in [5, 5.41) is 2.72. The summed E-state index contributed by atoms with van der Waals surface area (Å²) in [6.45, 7) is 4.45. The van der Waals surface area contributed by atoms with Crippen LogP contribution in [-0.2, 0) is 14.3 Å². The molecule has 0 bridgehead atoms. The SMILES string of the molecule is COC(=O)CCCNC(=O)CC(N)C(C)C. The standard InChI is InChI=1S/C11H22N2O3/c1-8(2)9(12)7-10(14)13-6-4-5-11(15)16-3/h8-9H,4-7,12H2,1-3H3,(H,13,14). The van der Waals surface area contributed by atoms with Crippen molar-refractivity contribution in [3.05, 3.63) is 0 Å². The van der Waals surface area contributed by atoms with Gasteiger partial charge in [0.25, 0.3) is 0 Å². The second-order valence-electron chi connectivity index (χ2n) is 4.14. The molecule has 5 heteroatoms. The van der Waals surface area contributed by atoms with E-state index in [1.54, 1.807) is 0 Å². The fraction of sp³-hybridized carbons (Fsp3) is 0.818.